The van der Waals surface area contributed by atoms with Crippen LogP contribution in [0.3, 0.4) is 0 Å². The van der Waals surface area contributed by atoms with Crippen LogP contribution in [0.15, 0.2) is 30.6 Å². The lowest BCUT2D eigenvalue weighted by Gasteiger charge is -2.41. The van der Waals surface area contributed by atoms with Gasteiger partial charge < -0.3 is 15.0 Å². The Hall–Kier alpha value is -2.74. The van der Waals surface area contributed by atoms with Crippen molar-refractivity contribution < 1.29 is 14.3 Å². The lowest BCUT2D eigenvalue weighted by atomic mass is 9.99. The highest BCUT2D eigenvalue weighted by Crippen LogP contribution is 2.21. The van der Waals surface area contributed by atoms with Gasteiger partial charge in [-0.05, 0) is 18.6 Å². The van der Waals surface area contributed by atoms with Gasteiger partial charge in [-0.25, -0.2) is 4.98 Å². The van der Waals surface area contributed by atoms with Crippen molar-refractivity contribution in [2.24, 2.45) is 0 Å². The number of likely N-dealkylation sites (tertiary alicyclic amines) is 1. The number of H-pyrrole nitrogens is 1. The lowest BCUT2D eigenvalue weighted by molar-refractivity contribution is -0.139. The Bertz CT molecular complexity index is 761. The van der Waals surface area contributed by atoms with Crippen molar-refractivity contribution in [3.8, 4) is 11.4 Å². The SMILES string of the molecule is O=C1CO[C@H]2CCN(C(=O)c3cccc(-c4ncn[nH]4)c3)C[C@@H]2N1. The van der Waals surface area contributed by atoms with Crippen molar-refractivity contribution in [2.45, 2.75) is 18.6 Å². The molecule has 2 fully saturated rings. The van der Waals surface area contributed by atoms with Crippen molar-refractivity contribution in [3.05, 3.63) is 36.2 Å². The normalized spacial score (nSPS) is 23.5. The summed E-state index contributed by atoms with van der Waals surface area (Å²) in [5.74, 6) is 0.434. The number of nitrogens with one attached hydrogen (secondary N) is 2. The molecule has 0 unspecified atom stereocenters. The molecule has 0 spiro atoms. The zero-order chi connectivity index (χ0) is 16.5. The molecular weight excluding hydrogens is 310 g/mol. The molecule has 2 saturated heterocycles. The van der Waals surface area contributed by atoms with Crippen LogP contribution in [0.5, 0.6) is 0 Å². The number of nitrogens with zero attached hydrogens (tertiary/aromatic N) is 3. The number of carbonyl (C=O) groups excluding carboxylic acids is 2. The minimum absolute atomic E-state index is 0.00715. The molecule has 0 bridgehead atoms. The first-order valence-electron chi connectivity index (χ1n) is 7.87. The molecule has 8 nitrogen and oxygen atoms in total. The van der Waals surface area contributed by atoms with E-state index < -0.39 is 0 Å². The molecule has 24 heavy (non-hydrogen) atoms. The summed E-state index contributed by atoms with van der Waals surface area (Å²) in [6.07, 6.45) is 2.14. The molecule has 2 N–H and O–H groups in total. The fourth-order valence-electron chi connectivity index (χ4n) is 3.21. The fourth-order valence-corrected chi connectivity index (χ4v) is 3.21. The van der Waals surface area contributed by atoms with Crippen LogP contribution >= 0.6 is 0 Å². The number of ether oxygens (including phenoxy) is 1. The van der Waals surface area contributed by atoms with Crippen LogP contribution in [-0.4, -0.2) is 63.7 Å². The summed E-state index contributed by atoms with van der Waals surface area (Å²) in [6, 6.07) is 7.14. The number of aromatic nitrogens is 3. The third-order valence-electron chi connectivity index (χ3n) is 4.41. The van der Waals surface area contributed by atoms with Crippen molar-refractivity contribution in [2.75, 3.05) is 19.7 Å². The molecule has 8 heteroatoms. The van der Waals surface area contributed by atoms with E-state index in [2.05, 4.69) is 20.5 Å². The van der Waals surface area contributed by atoms with Gasteiger partial charge in [-0.3, -0.25) is 14.7 Å². The van der Waals surface area contributed by atoms with E-state index in [9.17, 15) is 9.59 Å². The summed E-state index contributed by atoms with van der Waals surface area (Å²) in [5.41, 5.74) is 1.40. The van der Waals surface area contributed by atoms with E-state index in [4.69, 9.17) is 4.74 Å². The van der Waals surface area contributed by atoms with E-state index in [0.717, 1.165) is 12.0 Å². The van der Waals surface area contributed by atoms with Crippen LogP contribution in [0.2, 0.25) is 0 Å². The second kappa shape index (κ2) is 6.04. The molecule has 1 aromatic carbocycles. The Balaban J connectivity index is 1.52. The first-order chi connectivity index (χ1) is 11.7. The molecule has 2 aliphatic rings. The predicted molar refractivity (Wildman–Crippen MR) is 84.0 cm³/mol. The molecule has 2 aromatic rings. The maximum absolute atomic E-state index is 12.8. The third kappa shape index (κ3) is 2.76. The van der Waals surface area contributed by atoms with Crippen molar-refractivity contribution in [3.63, 3.8) is 0 Å². The van der Waals surface area contributed by atoms with E-state index in [1.807, 2.05) is 12.1 Å². The number of benzene rings is 1. The summed E-state index contributed by atoms with van der Waals surface area (Å²) >= 11 is 0. The van der Waals surface area contributed by atoms with Crippen LogP contribution in [0.4, 0.5) is 0 Å². The maximum atomic E-state index is 12.8. The Morgan fingerprint density at radius 3 is 3.12 bits per heavy atom. The molecule has 2 aliphatic heterocycles. The second-order valence-electron chi connectivity index (χ2n) is 5.98. The number of amides is 2. The van der Waals surface area contributed by atoms with Crippen LogP contribution in [0.1, 0.15) is 16.8 Å². The highest BCUT2D eigenvalue weighted by Gasteiger charge is 2.36. The molecule has 0 aliphatic carbocycles. The summed E-state index contributed by atoms with van der Waals surface area (Å²) in [4.78, 5) is 30.2. The van der Waals surface area contributed by atoms with Gasteiger partial charge in [0.1, 0.15) is 12.9 Å². The number of piperidine rings is 1. The monoisotopic (exact) mass is 327 g/mol. The summed E-state index contributed by atoms with van der Waals surface area (Å²) < 4.78 is 5.53. The Morgan fingerprint density at radius 2 is 2.29 bits per heavy atom. The minimum atomic E-state index is -0.138. The van der Waals surface area contributed by atoms with Crippen LogP contribution in [0, 0.1) is 0 Å². The predicted octanol–water partition coefficient (Wildman–Crippen LogP) is 0.201. The number of rotatable bonds is 2. The van der Waals surface area contributed by atoms with Gasteiger partial charge in [-0.1, -0.05) is 12.1 Å². The van der Waals surface area contributed by atoms with Gasteiger partial charge in [-0.15, -0.1) is 0 Å². The lowest BCUT2D eigenvalue weighted by Crippen LogP contribution is -2.61. The van der Waals surface area contributed by atoms with E-state index in [1.54, 1.807) is 17.0 Å². The molecule has 3 heterocycles. The second-order valence-corrected chi connectivity index (χ2v) is 5.98. The highest BCUT2D eigenvalue weighted by molar-refractivity contribution is 5.95. The van der Waals surface area contributed by atoms with Crippen LogP contribution < -0.4 is 5.32 Å². The average Bonchev–Trinajstić information content (AvgIpc) is 3.15. The van der Waals surface area contributed by atoms with Gasteiger partial charge in [0.2, 0.25) is 5.91 Å². The van der Waals surface area contributed by atoms with E-state index in [1.165, 1.54) is 6.33 Å². The number of fused-ring (bicyclic) bond motifs is 1. The van der Waals surface area contributed by atoms with Gasteiger partial charge in [0.25, 0.3) is 5.91 Å². The van der Waals surface area contributed by atoms with E-state index in [0.29, 0.717) is 24.5 Å². The van der Waals surface area contributed by atoms with Gasteiger partial charge >= 0.3 is 0 Å². The average molecular weight is 327 g/mol. The van der Waals surface area contributed by atoms with E-state index in [-0.39, 0.29) is 30.6 Å². The molecular formula is C16H17N5O3. The Labute approximate surface area is 138 Å². The van der Waals surface area contributed by atoms with Crippen LogP contribution in [-0.2, 0) is 9.53 Å². The standard InChI is InChI=1S/C16H17N5O3/c22-14-8-24-13-4-5-21(7-12(13)19-14)16(23)11-3-1-2-10(6-11)15-17-9-18-20-15/h1-3,6,9,12-13H,4-5,7-8H2,(H,19,22)(H,17,18,20)/t12-,13-/m0/s1. The number of carbonyl (C=O) groups is 2. The number of aromatic amines is 1. The summed E-state index contributed by atoms with van der Waals surface area (Å²) in [5, 5.41) is 9.53. The van der Waals surface area contributed by atoms with Crippen molar-refractivity contribution in [1.29, 1.82) is 0 Å². The quantitative estimate of drug-likeness (QED) is 0.821. The number of morpholine rings is 1. The third-order valence-corrected chi connectivity index (χ3v) is 4.41. The van der Waals surface area contributed by atoms with Gasteiger partial charge in [0.05, 0.1) is 12.1 Å². The first-order valence-corrected chi connectivity index (χ1v) is 7.87. The molecule has 124 valence electrons. The highest BCUT2D eigenvalue weighted by atomic mass is 16.5. The molecule has 0 saturated carbocycles. The zero-order valence-corrected chi connectivity index (χ0v) is 12.9. The number of hydrogen-bond acceptors (Lipinski definition) is 5. The fraction of sp³-hybridized carbons (Fsp3) is 0.375. The van der Waals surface area contributed by atoms with Gasteiger partial charge in [0, 0.05) is 24.2 Å². The zero-order valence-electron chi connectivity index (χ0n) is 12.9. The van der Waals surface area contributed by atoms with Crippen molar-refractivity contribution in [1.82, 2.24) is 25.4 Å². The van der Waals surface area contributed by atoms with E-state index >= 15 is 0 Å². The first kappa shape index (κ1) is 14.8. The van der Waals surface area contributed by atoms with Crippen LogP contribution in [0.25, 0.3) is 11.4 Å². The molecule has 2 amide bonds. The molecule has 0 radical (unpaired) electrons. The summed E-state index contributed by atoms with van der Waals surface area (Å²) in [6.45, 7) is 1.18. The van der Waals surface area contributed by atoms with Gasteiger partial charge in [-0.2, -0.15) is 5.10 Å². The minimum Gasteiger partial charge on any atom is -0.366 e. The summed E-state index contributed by atoms with van der Waals surface area (Å²) in [7, 11) is 0. The maximum Gasteiger partial charge on any atom is 0.253 e. The Morgan fingerprint density at radius 1 is 1.38 bits per heavy atom. The molecule has 4 rings (SSSR count). The molecule has 1 aromatic heterocycles. The smallest absolute Gasteiger partial charge is 0.253 e. The topological polar surface area (TPSA) is 100 Å². The largest absolute Gasteiger partial charge is 0.366 e. The van der Waals surface area contributed by atoms with Gasteiger partial charge in [0.15, 0.2) is 5.82 Å². The number of hydrogen-bond donors (Lipinski definition) is 2. The van der Waals surface area contributed by atoms with Crippen molar-refractivity contribution >= 4 is 11.8 Å². The molecule has 2 atom stereocenters. The Kier molecular flexibility index (Phi) is 3.73.